The van der Waals surface area contributed by atoms with E-state index in [-0.39, 0.29) is 24.4 Å². The number of amides is 2. The molecular weight excluding hydrogens is 428 g/mol. The highest BCUT2D eigenvalue weighted by Gasteiger charge is 2.30. The molecule has 5 heteroatoms. The van der Waals surface area contributed by atoms with Gasteiger partial charge in [0.15, 0.2) is 0 Å². The van der Waals surface area contributed by atoms with E-state index in [2.05, 4.69) is 30.5 Å². The fourth-order valence-electron chi connectivity index (χ4n) is 4.53. The molecule has 2 aromatic carbocycles. The molecule has 3 aromatic rings. The molecule has 4 nitrogen and oxygen atoms in total. The Hall–Kier alpha value is -2.92. The number of thiophene rings is 1. The summed E-state index contributed by atoms with van der Waals surface area (Å²) in [4.78, 5) is 32.1. The van der Waals surface area contributed by atoms with Crippen molar-refractivity contribution in [2.24, 2.45) is 0 Å². The van der Waals surface area contributed by atoms with E-state index >= 15 is 0 Å². The average Bonchev–Trinajstić information content (AvgIpc) is 3.27. The Morgan fingerprint density at radius 2 is 1.55 bits per heavy atom. The van der Waals surface area contributed by atoms with Crippen LogP contribution >= 0.6 is 11.3 Å². The zero-order valence-electron chi connectivity index (χ0n) is 19.3. The molecule has 0 unspecified atom stereocenters. The highest BCUT2D eigenvalue weighted by Crippen LogP contribution is 2.25. The van der Waals surface area contributed by atoms with Crippen LogP contribution in [0.2, 0.25) is 0 Å². The van der Waals surface area contributed by atoms with Crippen LogP contribution in [0.5, 0.6) is 0 Å². The minimum absolute atomic E-state index is 0.00140. The molecular formula is C28H32N2O2S. The summed E-state index contributed by atoms with van der Waals surface area (Å²) >= 11 is 1.68. The van der Waals surface area contributed by atoms with Crippen LogP contribution in [0.3, 0.4) is 0 Å². The van der Waals surface area contributed by atoms with Crippen LogP contribution in [0, 0.1) is 6.92 Å². The minimum Gasteiger partial charge on any atom is -0.332 e. The van der Waals surface area contributed by atoms with Gasteiger partial charge in [-0.3, -0.25) is 9.59 Å². The Labute approximate surface area is 200 Å². The second-order valence-electron chi connectivity index (χ2n) is 8.85. The summed E-state index contributed by atoms with van der Waals surface area (Å²) < 4.78 is 0. The van der Waals surface area contributed by atoms with E-state index in [1.54, 1.807) is 11.3 Å². The molecule has 0 radical (unpaired) electrons. The molecule has 0 atom stereocenters. The molecule has 0 bridgehead atoms. The molecule has 1 aromatic heterocycles. The molecule has 0 aliphatic heterocycles. The second kappa shape index (κ2) is 11.3. The first-order valence-electron chi connectivity index (χ1n) is 11.8. The van der Waals surface area contributed by atoms with Crippen molar-refractivity contribution in [2.45, 2.75) is 58.2 Å². The Balaban J connectivity index is 1.57. The van der Waals surface area contributed by atoms with E-state index in [1.807, 2.05) is 58.3 Å². The molecule has 2 amide bonds. The molecule has 0 N–H and O–H groups in total. The van der Waals surface area contributed by atoms with Gasteiger partial charge in [-0.25, -0.2) is 0 Å². The van der Waals surface area contributed by atoms with Gasteiger partial charge >= 0.3 is 0 Å². The fraction of sp³-hybridized carbons (Fsp3) is 0.357. The van der Waals surface area contributed by atoms with Gasteiger partial charge in [-0.1, -0.05) is 67.8 Å². The number of hydrogen-bond donors (Lipinski definition) is 0. The molecule has 33 heavy (non-hydrogen) atoms. The first-order valence-corrected chi connectivity index (χ1v) is 12.7. The van der Waals surface area contributed by atoms with E-state index in [0.29, 0.717) is 18.7 Å². The Bertz CT molecular complexity index is 1040. The van der Waals surface area contributed by atoms with E-state index < -0.39 is 0 Å². The van der Waals surface area contributed by atoms with Gasteiger partial charge in [-0.15, -0.1) is 11.3 Å². The van der Waals surface area contributed by atoms with Crippen molar-refractivity contribution in [1.82, 2.24) is 9.80 Å². The molecule has 1 aliphatic rings. The maximum absolute atomic E-state index is 13.7. The van der Waals surface area contributed by atoms with Crippen molar-refractivity contribution in [2.75, 3.05) is 6.54 Å². The van der Waals surface area contributed by atoms with Crippen molar-refractivity contribution < 1.29 is 9.59 Å². The molecule has 0 spiro atoms. The predicted molar refractivity (Wildman–Crippen MR) is 134 cm³/mol. The van der Waals surface area contributed by atoms with Gasteiger partial charge in [0.1, 0.15) is 6.54 Å². The smallest absolute Gasteiger partial charge is 0.254 e. The van der Waals surface area contributed by atoms with Crippen LogP contribution in [-0.4, -0.2) is 34.2 Å². The number of carbonyl (C=O) groups excluding carboxylic acids is 2. The standard InChI is InChI=1S/C28H32N2O2S/c1-22-17-18-33-26(22)20-29(19-23-11-5-2-6-12-23)27(31)21-30(25-15-9-4-10-16-25)28(32)24-13-7-3-8-14-24/h2-3,5-8,11-14,17-18,25H,4,9-10,15-16,19-21H2,1H3. The maximum atomic E-state index is 13.7. The van der Waals surface area contributed by atoms with Crippen molar-refractivity contribution in [3.8, 4) is 0 Å². The fourth-order valence-corrected chi connectivity index (χ4v) is 5.45. The number of carbonyl (C=O) groups is 2. The van der Waals surface area contributed by atoms with Gasteiger partial charge in [0.2, 0.25) is 5.91 Å². The average molecular weight is 461 g/mol. The molecule has 1 saturated carbocycles. The van der Waals surface area contributed by atoms with Crippen LogP contribution in [0.15, 0.2) is 72.1 Å². The third kappa shape index (κ3) is 6.11. The summed E-state index contributed by atoms with van der Waals surface area (Å²) in [6.07, 6.45) is 5.36. The Morgan fingerprint density at radius 1 is 0.879 bits per heavy atom. The highest BCUT2D eigenvalue weighted by atomic mass is 32.1. The second-order valence-corrected chi connectivity index (χ2v) is 9.85. The molecule has 0 saturated heterocycles. The lowest BCUT2D eigenvalue weighted by Crippen LogP contribution is -2.48. The van der Waals surface area contributed by atoms with Gasteiger partial charge in [0, 0.05) is 23.0 Å². The van der Waals surface area contributed by atoms with Gasteiger partial charge in [0.05, 0.1) is 6.54 Å². The SMILES string of the molecule is Cc1ccsc1CN(Cc1ccccc1)C(=O)CN(C(=O)c1ccccc1)C1CCCCC1. The summed E-state index contributed by atoms with van der Waals surface area (Å²) in [6, 6.07) is 21.7. The molecule has 1 aliphatic carbocycles. The number of rotatable bonds is 8. The van der Waals surface area contributed by atoms with Crippen molar-refractivity contribution in [3.05, 3.63) is 93.7 Å². The van der Waals surface area contributed by atoms with Crippen molar-refractivity contribution >= 4 is 23.2 Å². The third-order valence-corrected chi connectivity index (χ3v) is 7.48. The summed E-state index contributed by atoms with van der Waals surface area (Å²) in [5, 5.41) is 2.07. The maximum Gasteiger partial charge on any atom is 0.254 e. The highest BCUT2D eigenvalue weighted by molar-refractivity contribution is 7.10. The monoisotopic (exact) mass is 460 g/mol. The summed E-state index contributed by atoms with van der Waals surface area (Å²) in [7, 11) is 0. The van der Waals surface area contributed by atoms with Crippen LogP contribution in [-0.2, 0) is 17.9 Å². The first kappa shape index (κ1) is 23.2. The van der Waals surface area contributed by atoms with Gasteiger partial charge < -0.3 is 9.80 Å². The summed E-state index contributed by atoms with van der Waals surface area (Å²) in [5.74, 6) is -0.0377. The van der Waals surface area contributed by atoms with Crippen molar-refractivity contribution in [3.63, 3.8) is 0 Å². The number of benzene rings is 2. The largest absolute Gasteiger partial charge is 0.332 e. The number of hydrogen-bond acceptors (Lipinski definition) is 3. The van der Waals surface area contributed by atoms with E-state index in [4.69, 9.17) is 0 Å². The number of aryl methyl sites for hydroxylation is 1. The third-order valence-electron chi connectivity index (χ3n) is 6.47. The summed E-state index contributed by atoms with van der Waals surface area (Å²) in [6.45, 7) is 3.31. The molecule has 1 fully saturated rings. The van der Waals surface area contributed by atoms with Crippen LogP contribution in [0.25, 0.3) is 0 Å². The molecule has 172 valence electrons. The van der Waals surface area contributed by atoms with Crippen LogP contribution < -0.4 is 0 Å². The lowest BCUT2D eigenvalue weighted by atomic mass is 9.93. The minimum atomic E-state index is -0.0391. The van der Waals surface area contributed by atoms with E-state index in [0.717, 1.165) is 31.2 Å². The van der Waals surface area contributed by atoms with Crippen molar-refractivity contribution in [1.29, 1.82) is 0 Å². The first-order chi connectivity index (χ1) is 16.1. The van der Waals surface area contributed by atoms with Gasteiger partial charge in [-0.05, 0) is 54.5 Å². The lowest BCUT2D eigenvalue weighted by molar-refractivity contribution is -0.133. The van der Waals surface area contributed by atoms with Crippen LogP contribution in [0.1, 0.15) is 58.5 Å². The van der Waals surface area contributed by atoms with E-state index in [9.17, 15) is 9.59 Å². The summed E-state index contributed by atoms with van der Waals surface area (Å²) in [5.41, 5.74) is 2.95. The van der Waals surface area contributed by atoms with Crippen LogP contribution in [0.4, 0.5) is 0 Å². The van der Waals surface area contributed by atoms with Gasteiger partial charge in [-0.2, -0.15) is 0 Å². The quantitative estimate of drug-likeness (QED) is 0.410. The predicted octanol–water partition coefficient (Wildman–Crippen LogP) is 6.06. The van der Waals surface area contributed by atoms with Gasteiger partial charge in [0.25, 0.3) is 5.91 Å². The zero-order chi connectivity index (χ0) is 23.0. The normalized spacial score (nSPS) is 14.1. The van der Waals surface area contributed by atoms with E-state index in [1.165, 1.54) is 16.9 Å². The lowest BCUT2D eigenvalue weighted by Gasteiger charge is -2.35. The molecule has 4 rings (SSSR count). The number of nitrogens with zero attached hydrogens (tertiary/aromatic N) is 2. The molecule has 1 heterocycles. The zero-order valence-corrected chi connectivity index (χ0v) is 20.1. The Kier molecular flexibility index (Phi) is 7.95. The Morgan fingerprint density at radius 3 is 2.18 bits per heavy atom. The topological polar surface area (TPSA) is 40.6 Å².